The van der Waals surface area contributed by atoms with Gasteiger partial charge in [-0.25, -0.2) is 37.0 Å². The predicted octanol–water partition coefficient (Wildman–Crippen LogP) is 5.45. The smallest absolute Gasteiger partial charge is 0.425 e. The zero-order valence-electron chi connectivity index (χ0n) is 21.9. The molecule has 0 amide bonds. The summed E-state index contributed by atoms with van der Waals surface area (Å²) >= 11 is 0. The van der Waals surface area contributed by atoms with Gasteiger partial charge in [-0.1, -0.05) is 13.3 Å². The Morgan fingerprint density at radius 3 is 2.38 bits per heavy atom. The van der Waals surface area contributed by atoms with Crippen LogP contribution in [-0.4, -0.2) is 56.2 Å². The van der Waals surface area contributed by atoms with Gasteiger partial charge in [0.25, 0.3) is 12.0 Å². The molecule has 0 aliphatic carbocycles. The summed E-state index contributed by atoms with van der Waals surface area (Å²) in [5.74, 6) is -3.94. The topological polar surface area (TPSA) is 138 Å². The Labute approximate surface area is 232 Å². The summed E-state index contributed by atoms with van der Waals surface area (Å²) in [5.41, 5.74) is 0.860. The second kappa shape index (κ2) is 14.4. The van der Waals surface area contributed by atoms with Crippen LogP contribution in [0.25, 0.3) is 17.2 Å². The number of nitrogens with one attached hydrogen (secondary N) is 1. The molecule has 1 aromatic carbocycles. The average Bonchev–Trinajstić information content (AvgIpc) is 2.87. The van der Waals surface area contributed by atoms with Crippen LogP contribution in [0.4, 0.5) is 40.9 Å². The van der Waals surface area contributed by atoms with Crippen LogP contribution in [0.2, 0.25) is 0 Å². The summed E-state index contributed by atoms with van der Waals surface area (Å²) in [6, 6.07) is 1.76. The number of hydrogen-bond donors (Lipinski definition) is 3. The molecule has 1 unspecified atom stereocenters. The number of aromatic nitrogens is 4. The third kappa shape index (κ3) is 8.71. The van der Waals surface area contributed by atoms with Gasteiger partial charge in [-0.15, -0.1) is 0 Å². The van der Waals surface area contributed by atoms with Crippen molar-refractivity contribution < 1.29 is 45.0 Å². The number of nitrogen functional groups attached to an aromatic ring is 1. The quantitative estimate of drug-likeness (QED) is 0.216. The van der Waals surface area contributed by atoms with E-state index in [1.54, 1.807) is 5.10 Å². The van der Waals surface area contributed by atoms with E-state index in [0.29, 0.717) is 19.0 Å². The lowest BCUT2D eigenvalue weighted by atomic mass is 10.0. The van der Waals surface area contributed by atoms with E-state index in [2.05, 4.69) is 15.1 Å². The third-order valence-electron chi connectivity index (χ3n) is 5.39. The molecule has 0 spiro atoms. The van der Waals surface area contributed by atoms with Crippen molar-refractivity contribution in [2.24, 2.45) is 0 Å². The average molecular weight is 608 g/mol. The molecule has 0 fully saturated rings. The SMILES string of the molecule is CCCC(F)CN(C)/C=C(/F)c1cc(-c2ncc(C(F)F)c(N)n2)c(F)cc1C=O.O=c1[nH]ncc(O)c1C(F)(F)F. The molecule has 3 aromatic rings. The Morgan fingerprint density at radius 1 is 1.21 bits per heavy atom. The van der Waals surface area contributed by atoms with Crippen molar-refractivity contribution in [2.45, 2.75) is 38.5 Å². The first-order valence-corrected chi connectivity index (χ1v) is 11.9. The minimum Gasteiger partial charge on any atom is -0.505 e. The largest absolute Gasteiger partial charge is 0.505 e. The molecule has 0 saturated carbocycles. The molecule has 0 radical (unpaired) electrons. The van der Waals surface area contributed by atoms with Crippen LogP contribution in [0.15, 0.2) is 35.5 Å². The summed E-state index contributed by atoms with van der Waals surface area (Å²) in [4.78, 5) is 30.4. The van der Waals surface area contributed by atoms with Gasteiger partial charge in [0.05, 0.1) is 17.3 Å². The maximum absolute atomic E-state index is 14.8. The highest BCUT2D eigenvalue weighted by atomic mass is 19.4. The van der Waals surface area contributed by atoms with Gasteiger partial charge in [0.1, 0.15) is 23.6 Å². The third-order valence-corrected chi connectivity index (χ3v) is 5.39. The lowest BCUT2D eigenvalue weighted by molar-refractivity contribution is -0.140. The predicted molar refractivity (Wildman–Crippen MR) is 135 cm³/mol. The van der Waals surface area contributed by atoms with Crippen LogP contribution in [0.1, 0.15) is 53.2 Å². The molecular formula is C25H24F8N6O3. The number of aromatic hydroxyl groups is 1. The number of aldehydes is 1. The highest BCUT2D eigenvalue weighted by molar-refractivity contribution is 5.86. The van der Waals surface area contributed by atoms with Crippen molar-refractivity contribution in [3.63, 3.8) is 0 Å². The lowest BCUT2D eigenvalue weighted by Crippen LogP contribution is -2.22. The van der Waals surface area contributed by atoms with Gasteiger partial charge in [0.2, 0.25) is 0 Å². The zero-order chi connectivity index (χ0) is 31.8. The van der Waals surface area contributed by atoms with Crippen LogP contribution in [0, 0.1) is 5.82 Å². The maximum atomic E-state index is 14.8. The van der Waals surface area contributed by atoms with Crippen molar-refractivity contribution in [1.29, 1.82) is 0 Å². The Balaban J connectivity index is 0.000000428. The van der Waals surface area contributed by atoms with Crippen LogP contribution in [-0.2, 0) is 6.18 Å². The normalized spacial score (nSPS) is 12.5. The number of nitrogens with two attached hydrogens (primary N) is 1. The van der Waals surface area contributed by atoms with Gasteiger partial charge >= 0.3 is 6.18 Å². The molecule has 0 aliphatic rings. The number of rotatable bonds is 9. The highest BCUT2D eigenvalue weighted by Crippen LogP contribution is 2.32. The molecule has 0 saturated heterocycles. The van der Waals surface area contributed by atoms with Crippen LogP contribution in [0.3, 0.4) is 0 Å². The van der Waals surface area contributed by atoms with E-state index in [-0.39, 0.29) is 35.3 Å². The summed E-state index contributed by atoms with van der Waals surface area (Å²) in [6.07, 6.45) is -5.47. The number of carbonyl (C=O) groups is 1. The van der Waals surface area contributed by atoms with Crippen LogP contribution >= 0.6 is 0 Å². The van der Waals surface area contributed by atoms with Crippen LogP contribution < -0.4 is 11.3 Å². The Hall–Kier alpha value is -4.57. The second-order valence-corrected chi connectivity index (χ2v) is 8.63. The van der Waals surface area contributed by atoms with Gasteiger partial charge in [0.15, 0.2) is 23.4 Å². The number of halogens is 8. The van der Waals surface area contributed by atoms with E-state index in [1.165, 1.54) is 11.9 Å². The molecule has 9 nitrogen and oxygen atoms in total. The van der Waals surface area contributed by atoms with Gasteiger partial charge in [-0.2, -0.15) is 18.3 Å². The van der Waals surface area contributed by atoms with E-state index in [1.807, 2.05) is 6.92 Å². The first-order valence-electron chi connectivity index (χ1n) is 11.9. The van der Waals surface area contributed by atoms with Crippen molar-refractivity contribution in [2.75, 3.05) is 19.3 Å². The molecule has 0 aliphatic heterocycles. The number of aromatic amines is 1. The number of benzene rings is 1. The fourth-order valence-electron chi connectivity index (χ4n) is 3.46. The minimum absolute atomic E-state index is 0.0690. The van der Waals surface area contributed by atoms with Gasteiger partial charge in [-0.05, 0) is 18.6 Å². The molecule has 0 bridgehead atoms. The first-order chi connectivity index (χ1) is 19.6. The van der Waals surface area contributed by atoms with Gasteiger partial charge in [-0.3, -0.25) is 9.59 Å². The van der Waals surface area contributed by atoms with Crippen molar-refractivity contribution in [3.05, 3.63) is 69.2 Å². The molecule has 228 valence electrons. The molecule has 42 heavy (non-hydrogen) atoms. The maximum Gasteiger partial charge on any atom is 0.425 e. The standard InChI is InChI=1S/C20H21F5N4O.C5H3F3N2O2/c1-3-4-12(21)8-29(2)9-17(23)13-6-14(16(22)5-11(13)10-30)20-27-7-15(18(24)25)19(26)28-20;6-5(7,8)3-2(11)1-9-10-4(3)12/h5-7,9-10,12,18H,3-4,8H2,1-2H3,(H2,26,27,28);1H,(H2,10,11,12)/b17-9+;. The molecule has 4 N–H and O–H groups in total. The molecule has 2 aromatic heterocycles. The van der Waals surface area contributed by atoms with E-state index < -0.39 is 58.7 Å². The number of anilines is 1. The first kappa shape index (κ1) is 33.6. The van der Waals surface area contributed by atoms with Gasteiger partial charge in [0, 0.05) is 37.1 Å². The number of alkyl halides is 6. The summed E-state index contributed by atoms with van der Waals surface area (Å²) < 4.78 is 104. The number of H-pyrrole nitrogens is 1. The molecule has 17 heteroatoms. The summed E-state index contributed by atoms with van der Waals surface area (Å²) in [7, 11) is 1.46. The number of nitrogens with zero attached hydrogens (tertiary/aromatic N) is 4. The van der Waals surface area contributed by atoms with E-state index in [9.17, 15) is 44.7 Å². The fraction of sp³-hybridized carbons (Fsp3) is 0.320. The molecule has 2 heterocycles. The second-order valence-electron chi connectivity index (χ2n) is 8.63. The number of carbonyl (C=O) groups excluding carboxylic acids is 1. The van der Waals surface area contributed by atoms with E-state index in [0.717, 1.165) is 24.5 Å². The number of hydrogen-bond acceptors (Lipinski definition) is 8. The molecular weight excluding hydrogens is 584 g/mol. The zero-order valence-corrected chi connectivity index (χ0v) is 21.9. The van der Waals surface area contributed by atoms with Crippen LogP contribution in [0.5, 0.6) is 5.75 Å². The van der Waals surface area contributed by atoms with Crippen molar-refractivity contribution in [3.8, 4) is 17.1 Å². The molecule has 1 atom stereocenters. The summed E-state index contributed by atoms with van der Waals surface area (Å²) in [6.45, 7) is 1.75. The minimum atomic E-state index is -4.86. The van der Waals surface area contributed by atoms with Crippen molar-refractivity contribution >= 4 is 17.9 Å². The monoisotopic (exact) mass is 608 g/mol. The Kier molecular flexibility index (Phi) is 11.5. The fourth-order valence-corrected chi connectivity index (χ4v) is 3.46. The lowest BCUT2D eigenvalue weighted by Gasteiger charge is -2.17. The summed E-state index contributed by atoms with van der Waals surface area (Å²) in [5, 5.41) is 13.2. The van der Waals surface area contributed by atoms with Crippen molar-refractivity contribution in [1.82, 2.24) is 25.1 Å². The Morgan fingerprint density at radius 2 is 1.88 bits per heavy atom. The molecule has 3 rings (SSSR count). The highest BCUT2D eigenvalue weighted by Gasteiger charge is 2.37. The van der Waals surface area contributed by atoms with E-state index in [4.69, 9.17) is 10.8 Å². The van der Waals surface area contributed by atoms with E-state index >= 15 is 0 Å². The van der Waals surface area contributed by atoms with Gasteiger partial charge < -0.3 is 15.7 Å². The Bertz CT molecular complexity index is 1480.